The van der Waals surface area contributed by atoms with Crippen LogP contribution in [0, 0.1) is 0 Å². The van der Waals surface area contributed by atoms with Gasteiger partial charge in [-0.15, -0.1) is 0 Å². The first-order valence-corrected chi connectivity index (χ1v) is 24.5. The molecule has 0 saturated carbocycles. The first-order chi connectivity index (χ1) is 27.6. The molecule has 0 aromatic carbocycles. The molecule has 9 heteroatoms. The molecule has 0 fully saturated rings. The molecule has 0 aliphatic rings. The molecule has 0 heterocycles. The zero-order valence-corrected chi connectivity index (χ0v) is 38.4. The Bertz CT molecular complexity index is 1090. The van der Waals surface area contributed by atoms with Gasteiger partial charge in [0, 0.05) is 13.0 Å². The van der Waals surface area contributed by atoms with Gasteiger partial charge >= 0.3 is 5.97 Å². The fourth-order valence-corrected chi connectivity index (χ4v) is 6.74. The minimum atomic E-state index is -4.54. The molecular formula is C48H88NO7P. The van der Waals surface area contributed by atoms with E-state index in [0.717, 1.165) is 57.8 Å². The Hall–Kier alpha value is -1.80. The molecular weight excluding hydrogens is 734 g/mol. The zero-order valence-electron chi connectivity index (χ0n) is 37.5. The number of allylic oxidation sites excluding steroid dienone is 10. The van der Waals surface area contributed by atoms with E-state index in [1.165, 1.54) is 103 Å². The van der Waals surface area contributed by atoms with Crippen LogP contribution in [-0.2, 0) is 27.9 Å². The van der Waals surface area contributed by atoms with Crippen molar-refractivity contribution in [3.05, 3.63) is 60.8 Å². The molecule has 0 saturated heterocycles. The van der Waals surface area contributed by atoms with Crippen LogP contribution in [0.2, 0.25) is 0 Å². The standard InChI is InChI=1S/C48H88NO7P/c1-6-8-10-12-14-16-18-20-22-23-24-25-26-27-28-29-31-33-35-37-39-41-48(50)56-47(46-55-57(51,52)54-44-42-49(3,4)5)45-53-43-40-38-36-34-32-30-21-19-17-15-13-11-9-7-2/h9,11,15,17,21,23-24,30,34,36,47H,6-8,10,12-14,16,18-20,22,25-29,31-33,35,37-46H2,1-5H3/b11-9-,17-15-,24-23-,30-21-,36-34-. The Balaban J connectivity index is 4.24. The van der Waals surface area contributed by atoms with Crippen LogP contribution in [0.3, 0.4) is 0 Å². The van der Waals surface area contributed by atoms with Crippen LogP contribution in [0.1, 0.15) is 181 Å². The lowest BCUT2D eigenvalue weighted by atomic mass is 10.1. The van der Waals surface area contributed by atoms with Crippen LogP contribution in [0.4, 0.5) is 0 Å². The number of rotatable bonds is 42. The second-order valence-electron chi connectivity index (χ2n) is 16.4. The Morgan fingerprint density at radius 3 is 1.54 bits per heavy atom. The van der Waals surface area contributed by atoms with Gasteiger partial charge < -0.3 is 27.9 Å². The first kappa shape index (κ1) is 55.2. The number of nitrogens with zero attached hydrogens (tertiary/aromatic N) is 1. The van der Waals surface area contributed by atoms with Crippen molar-refractivity contribution < 1.29 is 37.3 Å². The Morgan fingerprint density at radius 2 is 1.02 bits per heavy atom. The smallest absolute Gasteiger partial charge is 0.306 e. The van der Waals surface area contributed by atoms with E-state index in [4.69, 9.17) is 18.5 Å². The monoisotopic (exact) mass is 822 g/mol. The minimum Gasteiger partial charge on any atom is -0.756 e. The predicted octanol–water partition coefficient (Wildman–Crippen LogP) is 13.1. The molecule has 0 aromatic rings. The summed E-state index contributed by atoms with van der Waals surface area (Å²) in [5.74, 6) is -0.356. The number of likely N-dealkylation sites (N-methyl/N-ethyl adjacent to an activating group) is 1. The van der Waals surface area contributed by atoms with Crippen LogP contribution >= 0.6 is 7.82 Å². The summed E-state index contributed by atoms with van der Waals surface area (Å²) in [5, 5.41) is 0. The molecule has 0 radical (unpaired) electrons. The number of ether oxygens (including phenoxy) is 2. The molecule has 0 aliphatic carbocycles. The summed E-state index contributed by atoms with van der Waals surface area (Å²) >= 11 is 0. The van der Waals surface area contributed by atoms with Crippen LogP contribution in [0.5, 0.6) is 0 Å². The van der Waals surface area contributed by atoms with E-state index in [-0.39, 0.29) is 25.8 Å². The maximum Gasteiger partial charge on any atom is 0.306 e. The van der Waals surface area contributed by atoms with Crippen LogP contribution < -0.4 is 4.89 Å². The lowest BCUT2D eigenvalue weighted by Crippen LogP contribution is -2.37. The van der Waals surface area contributed by atoms with Gasteiger partial charge in [-0.1, -0.05) is 164 Å². The highest BCUT2D eigenvalue weighted by Crippen LogP contribution is 2.38. The Kier molecular flexibility index (Phi) is 39.7. The molecule has 57 heavy (non-hydrogen) atoms. The number of phosphoric ester groups is 1. The normalized spacial score (nSPS) is 14.3. The van der Waals surface area contributed by atoms with Crippen molar-refractivity contribution in [2.75, 3.05) is 54.1 Å². The van der Waals surface area contributed by atoms with Crippen LogP contribution in [0.25, 0.3) is 0 Å². The molecule has 332 valence electrons. The molecule has 0 bridgehead atoms. The van der Waals surface area contributed by atoms with Crippen molar-refractivity contribution in [1.82, 2.24) is 0 Å². The maximum absolute atomic E-state index is 12.7. The maximum atomic E-state index is 12.7. The van der Waals surface area contributed by atoms with Gasteiger partial charge in [0.05, 0.1) is 34.4 Å². The summed E-state index contributed by atoms with van der Waals surface area (Å²) in [4.78, 5) is 25.1. The van der Waals surface area contributed by atoms with Crippen molar-refractivity contribution in [2.24, 2.45) is 0 Å². The van der Waals surface area contributed by atoms with E-state index < -0.39 is 13.9 Å². The number of hydrogen-bond donors (Lipinski definition) is 0. The molecule has 0 rings (SSSR count). The van der Waals surface area contributed by atoms with Crippen LogP contribution in [-0.4, -0.2) is 70.7 Å². The van der Waals surface area contributed by atoms with Crippen molar-refractivity contribution in [2.45, 2.75) is 187 Å². The van der Waals surface area contributed by atoms with E-state index in [0.29, 0.717) is 24.1 Å². The fraction of sp³-hybridized carbons (Fsp3) is 0.771. The Morgan fingerprint density at radius 1 is 0.561 bits per heavy atom. The molecule has 2 atom stereocenters. The van der Waals surface area contributed by atoms with E-state index in [9.17, 15) is 14.3 Å². The van der Waals surface area contributed by atoms with Crippen molar-refractivity contribution in [1.29, 1.82) is 0 Å². The zero-order chi connectivity index (χ0) is 42.0. The number of carbonyl (C=O) groups excluding carboxylic acids is 1. The second kappa shape index (κ2) is 41.0. The summed E-state index contributed by atoms with van der Waals surface area (Å²) in [7, 11) is 1.31. The number of hydrogen-bond acceptors (Lipinski definition) is 7. The summed E-state index contributed by atoms with van der Waals surface area (Å²) in [5.41, 5.74) is 0. The van der Waals surface area contributed by atoms with Gasteiger partial charge in [0.2, 0.25) is 0 Å². The lowest BCUT2D eigenvalue weighted by molar-refractivity contribution is -0.870. The highest BCUT2D eigenvalue weighted by atomic mass is 31.2. The van der Waals surface area contributed by atoms with E-state index >= 15 is 0 Å². The molecule has 8 nitrogen and oxygen atoms in total. The molecule has 0 N–H and O–H groups in total. The summed E-state index contributed by atoms with van der Waals surface area (Å²) < 4.78 is 34.5. The SMILES string of the molecule is CC/C=C\C/C=C\C/C=C\C/C=C\CCCOCC(COP(=O)([O-])OCC[N+](C)(C)C)OC(=O)CCCCCCCCCCC/C=C\CCCCCCCCCC. The van der Waals surface area contributed by atoms with Crippen molar-refractivity contribution >= 4 is 13.8 Å². The largest absolute Gasteiger partial charge is 0.756 e. The molecule has 0 spiro atoms. The van der Waals surface area contributed by atoms with E-state index in [1.54, 1.807) is 0 Å². The number of quaternary nitrogens is 1. The van der Waals surface area contributed by atoms with Gasteiger partial charge in [0.25, 0.3) is 7.82 Å². The van der Waals surface area contributed by atoms with Crippen molar-refractivity contribution in [3.8, 4) is 0 Å². The van der Waals surface area contributed by atoms with Gasteiger partial charge in [-0.25, -0.2) is 0 Å². The van der Waals surface area contributed by atoms with Gasteiger partial charge in [-0.2, -0.15) is 0 Å². The van der Waals surface area contributed by atoms with Crippen LogP contribution in [0.15, 0.2) is 60.8 Å². The molecule has 0 amide bonds. The summed E-state index contributed by atoms with van der Waals surface area (Å²) in [6, 6.07) is 0. The average Bonchev–Trinajstić information content (AvgIpc) is 3.16. The molecule has 0 aromatic heterocycles. The number of carbonyl (C=O) groups is 1. The van der Waals surface area contributed by atoms with Gasteiger partial charge in [0.15, 0.2) is 0 Å². The van der Waals surface area contributed by atoms with Gasteiger partial charge in [-0.3, -0.25) is 9.36 Å². The summed E-state index contributed by atoms with van der Waals surface area (Å²) in [6.07, 6.45) is 51.1. The quantitative estimate of drug-likeness (QED) is 0.0199. The Labute approximate surface area is 351 Å². The van der Waals surface area contributed by atoms with E-state index in [2.05, 4.69) is 74.6 Å². The fourth-order valence-electron chi connectivity index (χ4n) is 6.02. The second-order valence-corrected chi connectivity index (χ2v) is 17.8. The third-order valence-corrected chi connectivity index (χ3v) is 10.5. The minimum absolute atomic E-state index is 0.0135. The van der Waals surface area contributed by atoms with Gasteiger partial charge in [0.1, 0.15) is 19.3 Å². The molecule has 2 unspecified atom stereocenters. The predicted molar refractivity (Wildman–Crippen MR) is 240 cm³/mol. The average molecular weight is 822 g/mol. The third kappa shape index (κ3) is 45.1. The first-order valence-electron chi connectivity index (χ1n) is 23.0. The summed E-state index contributed by atoms with van der Waals surface area (Å²) in [6.45, 7) is 5.14. The number of esters is 1. The lowest BCUT2D eigenvalue weighted by Gasteiger charge is -2.28. The van der Waals surface area contributed by atoms with Gasteiger partial charge in [-0.05, 0) is 70.6 Å². The van der Waals surface area contributed by atoms with Crippen molar-refractivity contribution in [3.63, 3.8) is 0 Å². The van der Waals surface area contributed by atoms with E-state index in [1.807, 2.05) is 21.1 Å². The number of phosphoric acid groups is 1. The molecule has 0 aliphatic heterocycles. The number of unbranched alkanes of at least 4 members (excludes halogenated alkanes) is 18. The third-order valence-electron chi connectivity index (χ3n) is 9.55. The highest BCUT2D eigenvalue weighted by Gasteiger charge is 2.20. The topological polar surface area (TPSA) is 94.1 Å². The highest BCUT2D eigenvalue weighted by molar-refractivity contribution is 7.45.